The Morgan fingerprint density at radius 3 is 2.62 bits per heavy atom. The minimum Gasteiger partial charge on any atom is -0.396 e. The maximum Gasteiger partial charge on any atom is 0.0468 e. The molecule has 1 rings (SSSR count). The zero-order chi connectivity index (χ0) is 11.8. The third-order valence-electron chi connectivity index (χ3n) is 3.40. The summed E-state index contributed by atoms with van der Waals surface area (Å²) in [6.45, 7) is 10.5. The van der Waals surface area contributed by atoms with Crippen LogP contribution in [-0.2, 0) is 0 Å². The van der Waals surface area contributed by atoms with Gasteiger partial charge in [-0.25, -0.2) is 0 Å². The van der Waals surface area contributed by atoms with E-state index in [4.69, 9.17) is 5.11 Å². The van der Waals surface area contributed by atoms with Crippen LogP contribution in [0.2, 0.25) is 0 Å². The van der Waals surface area contributed by atoms with Crippen molar-refractivity contribution in [3.05, 3.63) is 0 Å². The van der Waals surface area contributed by atoms with E-state index in [9.17, 15) is 0 Å². The molecule has 1 heterocycles. The van der Waals surface area contributed by atoms with E-state index >= 15 is 0 Å². The third-order valence-corrected chi connectivity index (χ3v) is 3.40. The molecule has 0 aromatic carbocycles. The molecule has 0 bridgehead atoms. The Morgan fingerprint density at radius 1 is 1.38 bits per heavy atom. The van der Waals surface area contributed by atoms with Gasteiger partial charge in [0.05, 0.1) is 0 Å². The maximum atomic E-state index is 9.12. The van der Waals surface area contributed by atoms with Crippen LogP contribution in [0.3, 0.4) is 0 Å². The standard InChI is InChI=1S/C13H28N2O/c1-3-8-15(9-12(2)11-16)10-13-4-6-14-7-5-13/h12-14,16H,3-11H2,1-2H3. The maximum absolute atomic E-state index is 9.12. The third kappa shape index (κ3) is 5.28. The molecule has 3 heteroatoms. The molecule has 1 unspecified atom stereocenters. The number of hydrogen-bond donors (Lipinski definition) is 2. The highest BCUT2D eigenvalue weighted by molar-refractivity contribution is 4.73. The first-order valence-electron chi connectivity index (χ1n) is 6.80. The first-order chi connectivity index (χ1) is 7.76. The van der Waals surface area contributed by atoms with Crippen molar-refractivity contribution >= 4 is 0 Å². The molecule has 1 aliphatic rings. The molecule has 0 aromatic heterocycles. The zero-order valence-electron chi connectivity index (χ0n) is 10.9. The van der Waals surface area contributed by atoms with Gasteiger partial charge in [0.2, 0.25) is 0 Å². The van der Waals surface area contributed by atoms with Crippen LogP contribution in [0.5, 0.6) is 0 Å². The number of aliphatic hydroxyl groups is 1. The molecule has 96 valence electrons. The van der Waals surface area contributed by atoms with Gasteiger partial charge in [0.25, 0.3) is 0 Å². The molecule has 0 aromatic rings. The fourth-order valence-electron chi connectivity index (χ4n) is 2.50. The Morgan fingerprint density at radius 2 is 2.06 bits per heavy atom. The number of piperidine rings is 1. The van der Waals surface area contributed by atoms with Gasteiger partial charge in [0, 0.05) is 19.7 Å². The summed E-state index contributed by atoms with van der Waals surface area (Å²) in [5.74, 6) is 1.27. The molecule has 0 amide bonds. The Bertz CT molecular complexity index is 169. The first kappa shape index (κ1) is 13.9. The van der Waals surface area contributed by atoms with Crippen LogP contribution in [0.4, 0.5) is 0 Å². The van der Waals surface area contributed by atoms with Crippen LogP contribution in [-0.4, -0.2) is 49.3 Å². The van der Waals surface area contributed by atoms with E-state index < -0.39 is 0 Å². The molecule has 16 heavy (non-hydrogen) atoms. The van der Waals surface area contributed by atoms with E-state index in [1.54, 1.807) is 0 Å². The second-order valence-corrected chi connectivity index (χ2v) is 5.24. The minimum atomic E-state index is 0.312. The topological polar surface area (TPSA) is 35.5 Å². The molecular formula is C13H28N2O. The van der Waals surface area contributed by atoms with Crippen molar-refractivity contribution in [1.82, 2.24) is 10.2 Å². The minimum absolute atomic E-state index is 0.312. The van der Waals surface area contributed by atoms with Crippen molar-refractivity contribution in [1.29, 1.82) is 0 Å². The quantitative estimate of drug-likeness (QED) is 0.690. The van der Waals surface area contributed by atoms with E-state index in [0.29, 0.717) is 12.5 Å². The van der Waals surface area contributed by atoms with Crippen molar-refractivity contribution in [3.8, 4) is 0 Å². The lowest BCUT2D eigenvalue weighted by Gasteiger charge is -2.31. The Balaban J connectivity index is 2.30. The van der Waals surface area contributed by atoms with Crippen LogP contribution in [0.25, 0.3) is 0 Å². The fraction of sp³-hybridized carbons (Fsp3) is 1.00. The Hall–Kier alpha value is -0.120. The summed E-state index contributed by atoms with van der Waals surface area (Å²) in [4.78, 5) is 2.54. The number of nitrogens with zero attached hydrogens (tertiary/aromatic N) is 1. The second-order valence-electron chi connectivity index (χ2n) is 5.24. The summed E-state index contributed by atoms with van der Waals surface area (Å²) >= 11 is 0. The molecule has 2 N–H and O–H groups in total. The highest BCUT2D eigenvalue weighted by atomic mass is 16.3. The van der Waals surface area contributed by atoms with Crippen LogP contribution in [0, 0.1) is 11.8 Å². The average Bonchev–Trinajstić information content (AvgIpc) is 2.30. The van der Waals surface area contributed by atoms with E-state index in [2.05, 4.69) is 24.1 Å². The lowest BCUT2D eigenvalue weighted by Crippen LogP contribution is -2.38. The van der Waals surface area contributed by atoms with Crippen molar-refractivity contribution in [2.75, 3.05) is 39.3 Å². The predicted molar refractivity (Wildman–Crippen MR) is 68.6 cm³/mol. The molecule has 0 saturated carbocycles. The molecule has 1 aliphatic heterocycles. The number of rotatable bonds is 7. The van der Waals surface area contributed by atoms with Gasteiger partial charge >= 0.3 is 0 Å². The number of aliphatic hydroxyl groups excluding tert-OH is 1. The van der Waals surface area contributed by atoms with E-state index in [1.807, 2.05) is 0 Å². The molecule has 1 atom stereocenters. The molecule has 3 nitrogen and oxygen atoms in total. The van der Waals surface area contributed by atoms with Crippen LogP contribution in [0.1, 0.15) is 33.1 Å². The van der Waals surface area contributed by atoms with Crippen molar-refractivity contribution in [3.63, 3.8) is 0 Å². The lowest BCUT2D eigenvalue weighted by atomic mass is 9.97. The molecule has 0 radical (unpaired) electrons. The largest absolute Gasteiger partial charge is 0.396 e. The van der Waals surface area contributed by atoms with Gasteiger partial charge in [-0.3, -0.25) is 0 Å². The van der Waals surface area contributed by atoms with Gasteiger partial charge in [0.1, 0.15) is 0 Å². The Labute approximate surface area is 100 Å². The SMILES string of the molecule is CCCN(CC(C)CO)CC1CCNCC1. The molecule has 0 aliphatic carbocycles. The van der Waals surface area contributed by atoms with Crippen molar-refractivity contribution in [2.24, 2.45) is 11.8 Å². The van der Waals surface area contributed by atoms with Crippen molar-refractivity contribution < 1.29 is 5.11 Å². The van der Waals surface area contributed by atoms with Gasteiger partial charge in [-0.15, -0.1) is 0 Å². The summed E-state index contributed by atoms with van der Waals surface area (Å²) in [6.07, 6.45) is 3.84. The average molecular weight is 228 g/mol. The fourth-order valence-corrected chi connectivity index (χ4v) is 2.50. The smallest absolute Gasteiger partial charge is 0.0468 e. The summed E-state index contributed by atoms with van der Waals surface area (Å²) < 4.78 is 0. The van der Waals surface area contributed by atoms with Crippen LogP contribution in [0.15, 0.2) is 0 Å². The highest BCUT2D eigenvalue weighted by Gasteiger charge is 2.17. The molecule has 0 spiro atoms. The highest BCUT2D eigenvalue weighted by Crippen LogP contribution is 2.14. The Kier molecular flexibility index (Phi) is 7.01. The predicted octanol–water partition coefficient (Wildman–Crippen LogP) is 1.33. The van der Waals surface area contributed by atoms with E-state index in [0.717, 1.165) is 12.5 Å². The van der Waals surface area contributed by atoms with Crippen LogP contribution >= 0.6 is 0 Å². The van der Waals surface area contributed by atoms with Gasteiger partial charge < -0.3 is 15.3 Å². The summed E-state index contributed by atoms with van der Waals surface area (Å²) in [5.41, 5.74) is 0. The number of nitrogens with one attached hydrogen (secondary N) is 1. The van der Waals surface area contributed by atoms with Gasteiger partial charge in [-0.05, 0) is 50.7 Å². The summed E-state index contributed by atoms with van der Waals surface area (Å²) in [7, 11) is 0. The molecule has 1 saturated heterocycles. The first-order valence-corrected chi connectivity index (χ1v) is 6.80. The normalized spacial score (nSPS) is 20.2. The van der Waals surface area contributed by atoms with E-state index in [1.165, 1.54) is 45.4 Å². The van der Waals surface area contributed by atoms with Gasteiger partial charge in [0.15, 0.2) is 0 Å². The molecular weight excluding hydrogens is 200 g/mol. The number of hydrogen-bond acceptors (Lipinski definition) is 3. The van der Waals surface area contributed by atoms with Crippen LogP contribution < -0.4 is 5.32 Å². The summed E-state index contributed by atoms with van der Waals surface area (Å²) in [6, 6.07) is 0. The summed E-state index contributed by atoms with van der Waals surface area (Å²) in [5, 5.41) is 12.5. The van der Waals surface area contributed by atoms with E-state index in [-0.39, 0.29) is 0 Å². The monoisotopic (exact) mass is 228 g/mol. The van der Waals surface area contributed by atoms with Crippen molar-refractivity contribution in [2.45, 2.75) is 33.1 Å². The zero-order valence-corrected chi connectivity index (χ0v) is 10.9. The van der Waals surface area contributed by atoms with Gasteiger partial charge in [-0.1, -0.05) is 13.8 Å². The second kappa shape index (κ2) is 8.04. The van der Waals surface area contributed by atoms with Gasteiger partial charge in [-0.2, -0.15) is 0 Å². The lowest BCUT2D eigenvalue weighted by molar-refractivity contribution is 0.148. The molecule has 1 fully saturated rings.